The number of rotatable bonds is 5. The maximum absolute atomic E-state index is 13.1. The van der Waals surface area contributed by atoms with E-state index in [0.717, 1.165) is 12.1 Å². The van der Waals surface area contributed by atoms with Crippen LogP contribution in [0.5, 0.6) is 0 Å². The standard InChI is InChI=1S/C17H13F2N3O3/c18-12-4-3-11(10-13(12)19)17(24)20-7-8-22-16(23)6-5-14(21-22)15-2-1-9-25-15/h1-6,9-10H,7-8H2,(H,20,24). The fraction of sp³-hybridized carbons (Fsp3) is 0.118. The van der Waals surface area contributed by atoms with E-state index in [1.165, 1.54) is 29.1 Å². The number of nitrogens with zero attached hydrogens (tertiary/aromatic N) is 2. The van der Waals surface area contributed by atoms with Crippen molar-refractivity contribution in [3.8, 4) is 11.5 Å². The zero-order chi connectivity index (χ0) is 17.8. The quantitative estimate of drug-likeness (QED) is 0.769. The smallest absolute Gasteiger partial charge is 0.266 e. The van der Waals surface area contributed by atoms with Crippen molar-refractivity contribution in [2.75, 3.05) is 6.54 Å². The molecule has 0 radical (unpaired) electrons. The second-order valence-corrected chi connectivity index (χ2v) is 5.14. The first-order chi connectivity index (χ1) is 12.0. The summed E-state index contributed by atoms with van der Waals surface area (Å²) in [4.78, 5) is 23.7. The molecule has 1 aromatic carbocycles. The van der Waals surface area contributed by atoms with Crippen molar-refractivity contribution < 1.29 is 18.0 Å². The second-order valence-electron chi connectivity index (χ2n) is 5.14. The summed E-state index contributed by atoms with van der Waals surface area (Å²) >= 11 is 0. The lowest BCUT2D eigenvalue weighted by Crippen LogP contribution is -2.32. The topological polar surface area (TPSA) is 77.1 Å². The van der Waals surface area contributed by atoms with Gasteiger partial charge in [-0.3, -0.25) is 9.59 Å². The van der Waals surface area contributed by atoms with E-state index in [9.17, 15) is 18.4 Å². The number of carbonyl (C=O) groups excluding carboxylic acids is 1. The fourth-order valence-electron chi connectivity index (χ4n) is 2.18. The van der Waals surface area contributed by atoms with Gasteiger partial charge >= 0.3 is 0 Å². The molecule has 2 heterocycles. The van der Waals surface area contributed by atoms with Gasteiger partial charge in [0.2, 0.25) is 0 Å². The van der Waals surface area contributed by atoms with E-state index >= 15 is 0 Å². The Morgan fingerprint density at radius 3 is 2.72 bits per heavy atom. The first kappa shape index (κ1) is 16.6. The third kappa shape index (κ3) is 3.79. The first-order valence-corrected chi connectivity index (χ1v) is 7.40. The van der Waals surface area contributed by atoms with Crippen molar-refractivity contribution in [3.63, 3.8) is 0 Å². The van der Waals surface area contributed by atoms with Gasteiger partial charge in [0, 0.05) is 18.2 Å². The number of halogens is 2. The summed E-state index contributed by atoms with van der Waals surface area (Å²) in [5.41, 5.74) is 0.137. The molecule has 0 aliphatic rings. The molecule has 2 aromatic heterocycles. The van der Waals surface area contributed by atoms with Gasteiger partial charge in [-0.15, -0.1) is 0 Å². The van der Waals surface area contributed by atoms with Crippen molar-refractivity contribution in [1.29, 1.82) is 0 Å². The summed E-state index contributed by atoms with van der Waals surface area (Å²) in [6.45, 7) is 0.204. The summed E-state index contributed by atoms with van der Waals surface area (Å²) in [7, 11) is 0. The molecule has 25 heavy (non-hydrogen) atoms. The highest BCUT2D eigenvalue weighted by Gasteiger charge is 2.10. The van der Waals surface area contributed by atoms with Crippen molar-refractivity contribution in [1.82, 2.24) is 15.1 Å². The van der Waals surface area contributed by atoms with Crippen molar-refractivity contribution in [3.05, 3.63) is 76.3 Å². The Kier molecular flexibility index (Phi) is 4.69. The summed E-state index contributed by atoms with van der Waals surface area (Å²) in [5.74, 6) is -2.19. The zero-order valence-electron chi connectivity index (χ0n) is 12.9. The minimum Gasteiger partial charge on any atom is -0.463 e. The third-order valence-electron chi connectivity index (χ3n) is 3.43. The molecule has 0 bridgehead atoms. The molecular formula is C17H13F2N3O3. The van der Waals surface area contributed by atoms with Crippen molar-refractivity contribution in [2.24, 2.45) is 0 Å². The van der Waals surface area contributed by atoms with Crippen LogP contribution < -0.4 is 10.9 Å². The number of furan rings is 1. The Hall–Kier alpha value is -3.29. The van der Waals surface area contributed by atoms with Gasteiger partial charge in [0.15, 0.2) is 17.4 Å². The number of carbonyl (C=O) groups is 1. The van der Waals surface area contributed by atoms with E-state index in [0.29, 0.717) is 11.5 Å². The molecule has 3 rings (SSSR count). The van der Waals surface area contributed by atoms with Gasteiger partial charge in [-0.2, -0.15) is 5.10 Å². The highest BCUT2D eigenvalue weighted by atomic mass is 19.2. The second kappa shape index (κ2) is 7.08. The van der Waals surface area contributed by atoms with Crippen LogP contribution in [0.1, 0.15) is 10.4 Å². The number of aromatic nitrogens is 2. The Morgan fingerprint density at radius 1 is 1.16 bits per heavy atom. The molecule has 0 unspecified atom stereocenters. The zero-order valence-corrected chi connectivity index (χ0v) is 12.9. The predicted octanol–water partition coefficient (Wildman–Crippen LogP) is 2.21. The monoisotopic (exact) mass is 345 g/mol. The number of benzene rings is 1. The van der Waals surface area contributed by atoms with Crippen LogP contribution in [0, 0.1) is 11.6 Å². The lowest BCUT2D eigenvalue weighted by molar-refractivity contribution is 0.0951. The molecule has 0 aliphatic carbocycles. The molecule has 8 heteroatoms. The molecule has 1 amide bonds. The van der Waals surface area contributed by atoms with E-state index < -0.39 is 17.5 Å². The molecule has 0 fully saturated rings. The third-order valence-corrected chi connectivity index (χ3v) is 3.43. The van der Waals surface area contributed by atoms with Gasteiger partial charge in [0.05, 0.1) is 12.8 Å². The summed E-state index contributed by atoms with van der Waals surface area (Å²) in [6, 6.07) is 9.17. The Morgan fingerprint density at radius 2 is 2.00 bits per heavy atom. The van der Waals surface area contributed by atoms with E-state index in [1.54, 1.807) is 12.1 Å². The van der Waals surface area contributed by atoms with Gasteiger partial charge in [-0.05, 0) is 36.4 Å². The van der Waals surface area contributed by atoms with Crippen LogP contribution in [-0.4, -0.2) is 22.2 Å². The predicted molar refractivity (Wildman–Crippen MR) is 84.9 cm³/mol. The number of hydrogen-bond acceptors (Lipinski definition) is 4. The average molecular weight is 345 g/mol. The number of hydrogen-bond donors (Lipinski definition) is 1. The molecule has 0 saturated heterocycles. The number of amides is 1. The minimum absolute atomic E-state index is 0.0106. The van der Waals surface area contributed by atoms with Gasteiger partial charge in [0.1, 0.15) is 5.69 Å². The summed E-state index contributed by atoms with van der Waals surface area (Å²) in [5, 5.41) is 6.68. The van der Waals surface area contributed by atoms with E-state index in [4.69, 9.17) is 4.42 Å². The van der Waals surface area contributed by atoms with Crippen LogP contribution in [0.2, 0.25) is 0 Å². The van der Waals surface area contributed by atoms with Crippen LogP contribution in [-0.2, 0) is 6.54 Å². The highest BCUT2D eigenvalue weighted by molar-refractivity contribution is 5.94. The van der Waals surface area contributed by atoms with Gasteiger partial charge in [-0.1, -0.05) is 0 Å². The van der Waals surface area contributed by atoms with E-state index in [2.05, 4.69) is 10.4 Å². The van der Waals surface area contributed by atoms with Gasteiger partial charge in [0.25, 0.3) is 11.5 Å². The summed E-state index contributed by atoms with van der Waals surface area (Å²) in [6.07, 6.45) is 1.49. The fourth-order valence-corrected chi connectivity index (χ4v) is 2.18. The normalized spacial score (nSPS) is 10.6. The van der Waals surface area contributed by atoms with Gasteiger partial charge in [-0.25, -0.2) is 13.5 Å². The van der Waals surface area contributed by atoms with Crippen LogP contribution in [0.3, 0.4) is 0 Å². The van der Waals surface area contributed by atoms with Crippen LogP contribution in [0.25, 0.3) is 11.5 Å². The van der Waals surface area contributed by atoms with Crippen LogP contribution in [0.15, 0.2) is 57.9 Å². The minimum atomic E-state index is -1.10. The largest absolute Gasteiger partial charge is 0.463 e. The van der Waals surface area contributed by atoms with Gasteiger partial charge < -0.3 is 9.73 Å². The SMILES string of the molecule is O=C(NCCn1nc(-c2ccco2)ccc1=O)c1ccc(F)c(F)c1. The Bertz CT molecular complexity index is 952. The number of nitrogens with one attached hydrogen (secondary N) is 1. The maximum Gasteiger partial charge on any atom is 0.266 e. The Balaban J connectivity index is 1.65. The first-order valence-electron chi connectivity index (χ1n) is 7.40. The molecule has 0 saturated carbocycles. The van der Waals surface area contributed by atoms with Crippen molar-refractivity contribution >= 4 is 5.91 Å². The highest BCUT2D eigenvalue weighted by Crippen LogP contribution is 2.15. The van der Waals surface area contributed by atoms with E-state index in [1.807, 2.05) is 0 Å². The lowest BCUT2D eigenvalue weighted by Gasteiger charge is -2.08. The average Bonchev–Trinajstić information content (AvgIpc) is 3.13. The molecule has 0 atom stereocenters. The molecule has 0 spiro atoms. The van der Waals surface area contributed by atoms with E-state index in [-0.39, 0.29) is 24.2 Å². The molecule has 128 valence electrons. The maximum atomic E-state index is 13.1. The molecule has 0 aliphatic heterocycles. The lowest BCUT2D eigenvalue weighted by atomic mass is 10.2. The molecule has 1 N–H and O–H groups in total. The van der Waals surface area contributed by atoms with Crippen LogP contribution >= 0.6 is 0 Å². The Labute approximate surface area is 140 Å². The molecule has 6 nitrogen and oxygen atoms in total. The van der Waals surface area contributed by atoms with Crippen molar-refractivity contribution in [2.45, 2.75) is 6.54 Å². The molecular weight excluding hydrogens is 332 g/mol. The summed E-state index contributed by atoms with van der Waals surface area (Å²) < 4.78 is 32.4. The molecule has 3 aromatic rings. The van der Waals surface area contributed by atoms with Crippen LogP contribution in [0.4, 0.5) is 8.78 Å².